The Hall–Kier alpha value is -1.31. The zero-order valence-electron chi connectivity index (χ0n) is 11.2. The van der Waals surface area contributed by atoms with Crippen LogP contribution >= 0.6 is 11.3 Å². The topological polar surface area (TPSA) is 80.1 Å². The van der Waals surface area contributed by atoms with Gasteiger partial charge in [0.15, 0.2) is 9.84 Å². The average molecular weight is 312 g/mol. The van der Waals surface area contributed by atoms with Gasteiger partial charge in [-0.15, -0.1) is 10.2 Å². The van der Waals surface area contributed by atoms with Crippen molar-refractivity contribution in [2.75, 3.05) is 0 Å². The molecule has 0 bridgehead atoms. The Kier molecular flexibility index (Phi) is 4.52. The van der Waals surface area contributed by atoms with Gasteiger partial charge in [0.1, 0.15) is 15.8 Å². The Labute approximate surface area is 122 Å². The SMILES string of the molecule is C[C@@H](O)[C@H](C)S(=O)(=O)Cc1nnc(-c2ccccc2)s1. The van der Waals surface area contributed by atoms with Crippen LogP contribution < -0.4 is 0 Å². The first kappa shape index (κ1) is 15.1. The van der Waals surface area contributed by atoms with Crippen molar-refractivity contribution >= 4 is 21.2 Å². The predicted octanol–water partition coefficient (Wildman–Crippen LogP) is 1.89. The highest BCUT2D eigenvalue weighted by atomic mass is 32.2. The summed E-state index contributed by atoms with van der Waals surface area (Å²) >= 11 is 1.26. The quantitative estimate of drug-likeness (QED) is 0.912. The van der Waals surface area contributed by atoms with Crippen molar-refractivity contribution in [1.82, 2.24) is 10.2 Å². The molecule has 1 aromatic carbocycles. The van der Waals surface area contributed by atoms with Crippen LogP contribution in [0.2, 0.25) is 0 Å². The molecule has 0 aliphatic heterocycles. The molecular formula is C13H16N2O3S2. The van der Waals surface area contributed by atoms with Crippen LogP contribution in [0.1, 0.15) is 18.9 Å². The van der Waals surface area contributed by atoms with Crippen LogP contribution in [-0.4, -0.2) is 35.1 Å². The Bertz CT molecular complexity index is 666. The normalized spacial score (nSPS) is 14.9. The number of aliphatic hydroxyl groups is 1. The highest BCUT2D eigenvalue weighted by Gasteiger charge is 2.27. The minimum Gasteiger partial charge on any atom is -0.392 e. The Balaban J connectivity index is 2.19. The minimum atomic E-state index is -3.42. The highest BCUT2D eigenvalue weighted by molar-refractivity contribution is 7.91. The molecule has 0 saturated carbocycles. The van der Waals surface area contributed by atoms with Crippen molar-refractivity contribution in [2.45, 2.75) is 31.0 Å². The van der Waals surface area contributed by atoms with Crippen LogP contribution in [0.3, 0.4) is 0 Å². The lowest BCUT2D eigenvalue weighted by Gasteiger charge is -2.14. The summed E-state index contributed by atoms with van der Waals surface area (Å²) in [5.41, 5.74) is 0.914. The molecule has 0 saturated heterocycles. The third-order valence-corrected chi connectivity index (χ3v) is 6.42. The molecule has 0 spiro atoms. The molecular weight excluding hydrogens is 296 g/mol. The molecule has 1 aromatic heterocycles. The molecule has 0 amide bonds. The number of sulfone groups is 1. The highest BCUT2D eigenvalue weighted by Crippen LogP contribution is 2.25. The molecule has 0 aliphatic rings. The van der Waals surface area contributed by atoms with Gasteiger partial charge in [0.05, 0.1) is 11.4 Å². The predicted molar refractivity (Wildman–Crippen MR) is 79.1 cm³/mol. The monoisotopic (exact) mass is 312 g/mol. The van der Waals surface area contributed by atoms with E-state index in [1.165, 1.54) is 25.2 Å². The van der Waals surface area contributed by atoms with Crippen LogP contribution in [0.25, 0.3) is 10.6 Å². The van der Waals surface area contributed by atoms with Gasteiger partial charge in [0.2, 0.25) is 0 Å². The van der Waals surface area contributed by atoms with Crippen LogP contribution in [0.5, 0.6) is 0 Å². The fraction of sp³-hybridized carbons (Fsp3) is 0.385. The maximum absolute atomic E-state index is 12.1. The van der Waals surface area contributed by atoms with E-state index in [-0.39, 0.29) is 5.75 Å². The van der Waals surface area contributed by atoms with Gasteiger partial charge in [-0.25, -0.2) is 8.42 Å². The molecule has 0 radical (unpaired) electrons. The Morgan fingerprint density at radius 3 is 2.45 bits per heavy atom. The second kappa shape index (κ2) is 5.99. The first-order valence-corrected chi connectivity index (χ1v) is 8.71. The molecule has 2 rings (SSSR count). The first-order valence-electron chi connectivity index (χ1n) is 6.17. The van der Waals surface area contributed by atoms with Gasteiger partial charge in [0, 0.05) is 5.56 Å². The van der Waals surface area contributed by atoms with Crippen molar-refractivity contribution in [1.29, 1.82) is 0 Å². The van der Waals surface area contributed by atoms with Crippen LogP contribution in [0.4, 0.5) is 0 Å². The summed E-state index contributed by atoms with van der Waals surface area (Å²) in [6, 6.07) is 9.49. The number of aliphatic hydroxyl groups excluding tert-OH is 1. The molecule has 0 unspecified atom stereocenters. The lowest BCUT2D eigenvalue weighted by molar-refractivity contribution is 0.193. The maximum Gasteiger partial charge on any atom is 0.162 e. The summed E-state index contributed by atoms with van der Waals surface area (Å²) in [6.45, 7) is 2.97. The second-order valence-corrected chi connectivity index (χ2v) is 8.04. The molecule has 20 heavy (non-hydrogen) atoms. The van der Waals surface area contributed by atoms with Crippen LogP contribution in [0, 0.1) is 0 Å². The minimum absolute atomic E-state index is 0.191. The summed E-state index contributed by atoms with van der Waals surface area (Å²) < 4.78 is 24.1. The van der Waals surface area contributed by atoms with Gasteiger partial charge in [-0.3, -0.25) is 0 Å². The van der Waals surface area contributed by atoms with Gasteiger partial charge < -0.3 is 5.11 Å². The van der Waals surface area contributed by atoms with Gasteiger partial charge >= 0.3 is 0 Å². The molecule has 2 atom stereocenters. The van der Waals surface area contributed by atoms with Crippen LogP contribution in [-0.2, 0) is 15.6 Å². The van der Waals surface area contributed by atoms with Crippen molar-refractivity contribution in [3.05, 3.63) is 35.3 Å². The molecule has 1 heterocycles. The molecule has 2 aromatic rings. The van der Waals surface area contributed by atoms with E-state index in [1.807, 2.05) is 30.3 Å². The standard InChI is InChI=1S/C13H16N2O3S2/c1-9(16)10(2)20(17,18)8-12-14-15-13(19-12)11-6-4-3-5-7-11/h3-7,9-10,16H,8H2,1-2H3/t9-,10+/m1/s1. The lowest BCUT2D eigenvalue weighted by atomic mass is 10.2. The number of rotatable bonds is 5. The number of aromatic nitrogens is 2. The molecule has 1 N–H and O–H groups in total. The third-order valence-electron chi connectivity index (χ3n) is 3.06. The van der Waals surface area contributed by atoms with Gasteiger partial charge in [0.25, 0.3) is 0 Å². The number of benzene rings is 1. The molecule has 108 valence electrons. The van der Waals surface area contributed by atoms with Crippen LogP contribution in [0.15, 0.2) is 30.3 Å². The second-order valence-electron chi connectivity index (χ2n) is 4.62. The molecule has 5 nitrogen and oxygen atoms in total. The van der Waals surface area contributed by atoms with Crippen molar-refractivity contribution in [2.24, 2.45) is 0 Å². The summed E-state index contributed by atoms with van der Waals surface area (Å²) in [5.74, 6) is -0.191. The van der Waals surface area contributed by atoms with E-state index < -0.39 is 21.2 Å². The zero-order valence-corrected chi connectivity index (χ0v) is 12.9. The van der Waals surface area contributed by atoms with E-state index in [0.717, 1.165) is 5.56 Å². The fourth-order valence-corrected chi connectivity index (χ4v) is 4.25. The number of hydrogen-bond donors (Lipinski definition) is 1. The molecule has 0 fully saturated rings. The van der Waals surface area contributed by atoms with E-state index in [2.05, 4.69) is 10.2 Å². The van der Waals surface area contributed by atoms with E-state index >= 15 is 0 Å². The zero-order chi connectivity index (χ0) is 14.8. The lowest BCUT2D eigenvalue weighted by Crippen LogP contribution is -2.30. The number of nitrogens with zero attached hydrogens (tertiary/aromatic N) is 2. The Morgan fingerprint density at radius 2 is 1.85 bits per heavy atom. The van der Waals surface area contributed by atoms with Crippen molar-refractivity contribution in [3.63, 3.8) is 0 Å². The summed E-state index contributed by atoms with van der Waals surface area (Å²) in [7, 11) is -3.42. The van der Waals surface area contributed by atoms with E-state index in [9.17, 15) is 13.5 Å². The fourth-order valence-electron chi connectivity index (χ4n) is 1.61. The third kappa shape index (κ3) is 3.41. The largest absolute Gasteiger partial charge is 0.392 e. The first-order chi connectivity index (χ1) is 9.40. The summed E-state index contributed by atoms with van der Waals surface area (Å²) in [5, 5.41) is 17.7. The van der Waals surface area contributed by atoms with E-state index in [4.69, 9.17) is 0 Å². The summed E-state index contributed by atoms with van der Waals surface area (Å²) in [6.07, 6.45) is -0.901. The number of hydrogen-bond acceptors (Lipinski definition) is 6. The molecule has 7 heteroatoms. The average Bonchev–Trinajstić information content (AvgIpc) is 2.86. The smallest absolute Gasteiger partial charge is 0.162 e. The van der Waals surface area contributed by atoms with Crippen molar-refractivity contribution < 1.29 is 13.5 Å². The van der Waals surface area contributed by atoms with Gasteiger partial charge in [-0.2, -0.15) is 0 Å². The van der Waals surface area contributed by atoms with Gasteiger partial charge in [-0.05, 0) is 13.8 Å². The Morgan fingerprint density at radius 1 is 1.20 bits per heavy atom. The van der Waals surface area contributed by atoms with E-state index in [0.29, 0.717) is 10.0 Å². The molecule has 0 aliphatic carbocycles. The van der Waals surface area contributed by atoms with Gasteiger partial charge in [-0.1, -0.05) is 41.7 Å². The maximum atomic E-state index is 12.1. The van der Waals surface area contributed by atoms with Crippen molar-refractivity contribution in [3.8, 4) is 10.6 Å². The summed E-state index contributed by atoms with van der Waals surface area (Å²) in [4.78, 5) is 0. The van der Waals surface area contributed by atoms with E-state index in [1.54, 1.807) is 0 Å².